The molecule has 0 bridgehead atoms. The molecule has 0 saturated carbocycles. The lowest BCUT2D eigenvalue weighted by atomic mass is 10.2. The Kier molecular flexibility index (Phi) is 6.16. The lowest BCUT2D eigenvalue weighted by molar-refractivity contribution is 0.0596. The van der Waals surface area contributed by atoms with Crippen molar-refractivity contribution in [3.05, 3.63) is 29.8 Å². The van der Waals surface area contributed by atoms with E-state index in [-0.39, 0.29) is 29.8 Å². The standard InChI is InChI=1S/C13H17NO6S/c1-4-19-13(20-5-2)14-21(16,17)11-9-7-6-8-10(11)12(15)18-3/h6-9H,4-5H2,1-3H3. The lowest BCUT2D eigenvalue weighted by Gasteiger charge is -2.09. The number of carbonyl (C=O) groups is 1. The number of sulfonamides is 1. The van der Waals surface area contributed by atoms with Crippen molar-refractivity contribution in [1.82, 2.24) is 0 Å². The van der Waals surface area contributed by atoms with E-state index in [4.69, 9.17) is 9.47 Å². The third-order valence-electron chi connectivity index (χ3n) is 2.30. The third kappa shape index (κ3) is 4.45. The number of ether oxygens (including phenoxy) is 3. The van der Waals surface area contributed by atoms with Crippen molar-refractivity contribution in [3.63, 3.8) is 0 Å². The van der Waals surface area contributed by atoms with E-state index in [1.165, 1.54) is 31.4 Å². The van der Waals surface area contributed by atoms with Crippen LogP contribution in [0.1, 0.15) is 24.2 Å². The summed E-state index contributed by atoms with van der Waals surface area (Å²) in [4.78, 5) is 11.4. The highest BCUT2D eigenvalue weighted by Crippen LogP contribution is 2.19. The molecule has 0 atom stereocenters. The highest BCUT2D eigenvalue weighted by Gasteiger charge is 2.23. The second kappa shape index (κ2) is 7.63. The van der Waals surface area contributed by atoms with Gasteiger partial charge in [-0.2, -0.15) is 8.42 Å². The summed E-state index contributed by atoms with van der Waals surface area (Å²) in [6.07, 6.45) is -0.361. The lowest BCUT2D eigenvalue weighted by Crippen LogP contribution is -2.15. The van der Waals surface area contributed by atoms with Gasteiger partial charge >= 0.3 is 12.1 Å². The van der Waals surface area contributed by atoms with Gasteiger partial charge in [-0.25, -0.2) is 4.79 Å². The summed E-state index contributed by atoms with van der Waals surface area (Å²) in [6, 6.07) is 5.62. The molecule has 8 heteroatoms. The molecule has 0 aromatic heterocycles. The van der Waals surface area contributed by atoms with Gasteiger partial charge < -0.3 is 14.2 Å². The van der Waals surface area contributed by atoms with E-state index < -0.39 is 16.0 Å². The summed E-state index contributed by atoms with van der Waals surface area (Å²) >= 11 is 0. The first-order valence-electron chi connectivity index (χ1n) is 6.24. The summed E-state index contributed by atoms with van der Waals surface area (Å²) in [7, 11) is -2.99. The summed E-state index contributed by atoms with van der Waals surface area (Å²) in [5, 5.41) is 0. The molecule has 0 radical (unpaired) electrons. The van der Waals surface area contributed by atoms with E-state index in [0.717, 1.165) is 0 Å². The molecule has 0 heterocycles. The fourth-order valence-corrected chi connectivity index (χ4v) is 2.54. The summed E-state index contributed by atoms with van der Waals surface area (Å²) in [6.45, 7) is 3.74. The fraction of sp³-hybridized carbons (Fsp3) is 0.385. The van der Waals surface area contributed by atoms with Crippen molar-refractivity contribution in [2.75, 3.05) is 20.3 Å². The van der Waals surface area contributed by atoms with Gasteiger partial charge in [0, 0.05) is 0 Å². The van der Waals surface area contributed by atoms with Crippen LogP contribution in [0.5, 0.6) is 0 Å². The number of hydrogen-bond donors (Lipinski definition) is 0. The van der Waals surface area contributed by atoms with Crippen LogP contribution in [0.15, 0.2) is 33.6 Å². The summed E-state index contributed by atoms with van der Waals surface area (Å²) in [5.41, 5.74) is -0.101. The largest absolute Gasteiger partial charge is 0.465 e. The molecular weight excluding hydrogens is 298 g/mol. The number of nitrogens with zero attached hydrogens (tertiary/aromatic N) is 1. The molecule has 0 aliphatic rings. The second-order valence-corrected chi connectivity index (χ2v) is 5.26. The predicted molar refractivity (Wildman–Crippen MR) is 75.7 cm³/mol. The van der Waals surface area contributed by atoms with Gasteiger partial charge in [-0.15, -0.1) is 0 Å². The summed E-state index contributed by atoms with van der Waals surface area (Å²) < 4.78 is 42.6. The first kappa shape index (κ1) is 17.0. The van der Waals surface area contributed by atoms with E-state index in [2.05, 4.69) is 9.13 Å². The highest BCUT2D eigenvalue weighted by molar-refractivity contribution is 7.90. The Labute approximate surface area is 123 Å². The topological polar surface area (TPSA) is 91.3 Å². The number of esters is 1. The van der Waals surface area contributed by atoms with Gasteiger partial charge in [-0.3, -0.25) is 0 Å². The van der Waals surface area contributed by atoms with Crippen molar-refractivity contribution in [3.8, 4) is 0 Å². The minimum absolute atomic E-state index is 0.101. The van der Waals surface area contributed by atoms with Crippen LogP contribution < -0.4 is 0 Å². The maximum absolute atomic E-state index is 12.3. The molecule has 1 rings (SSSR count). The zero-order chi connectivity index (χ0) is 15.9. The van der Waals surface area contributed by atoms with Crippen LogP contribution in [0.2, 0.25) is 0 Å². The Balaban J connectivity index is 3.30. The second-order valence-electron chi connectivity index (χ2n) is 3.69. The number of hydrogen-bond acceptors (Lipinski definition) is 6. The van der Waals surface area contributed by atoms with E-state index in [0.29, 0.717) is 0 Å². The van der Waals surface area contributed by atoms with E-state index >= 15 is 0 Å². The van der Waals surface area contributed by atoms with Crippen LogP contribution in [0, 0.1) is 0 Å². The van der Waals surface area contributed by atoms with Gasteiger partial charge in [0.2, 0.25) is 0 Å². The molecule has 21 heavy (non-hydrogen) atoms. The minimum Gasteiger partial charge on any atom is -0.465 e. The molecule has 0 fully saturated rings. The molecule has 0 aliphatic carbocycles. The normalized spacial score (nSPS) is 10.6. The predicted octanol–water partition coefficient (Wildman–Crippen LogP) is 1.59. The van der Waals surface area contributed by atoms with Gasteiger partial charge in [0.15, 0.2) is 0 Å². The number of carbonyl (C=O) groups excluding carboxylic acids is 1. The zero-order valence-corrected chi connectivity index (χ0v) is 12.8. The van der Waals surface area contributed by atoms with E-state index in [1.54, 1.807) is 13.8 Å². The van der Waals surface area contributed by atoms with Crippen molar-refractivity contribution < 1.29 is 27.4 Å². The fourth-order valence-electron chi connectivity index (χ4n) is 1.46. The molecule has 1 aromatic carbocycles. The molecule has 7 nitrogen and oxygen atoms in total. The molecule has 0 aliphatic heterocycles. The van der Waals surface area contributed by atoms with Crippen molar-refractivity contribution in [2.45, 2.75) is 18.7 Å². The van der Waals surface area contributed by atoms with Gasteiger partial charge in [0.25, 0.3) is 10.0 Å². The third-order valence-corrected chi connectivity index (χ3v) is 3.60. The van der Waals surface area contributed by atoms with Crippen LogP contribution in [0.4, 0.5) is 0 Å². The average molecular weight is 315 g/mol. The molecule has 0 N–H and O–H groups in total. The Morgan fingerprint density at radius 3 is 2.24 bits per heavy atom. The quantitative estimate of drug-likeness (QED) is 0.465. The van der Waals surface area contributed by atoms with E-state index in [9.17, 15) is 13.2 Å². The minimum atomic E-state index is -4.15. The van der Waals surface area contributed by atoms with Crippen LogP contribution in [-0.4, -0.2) is 40.8 Å². The van der Waals surface area contributed by atoms with Crippen LogP contribution in [0.25, 0.3) is 0 Å². The molecular formula is C13H17NO6S. The first-order chi connectivity index (χ1) is 9.96. The zero-order valence-electron chi connectivity index (χ0n) is 12.0. The van der Waals surface area contributed by atoms with Crippen molar-refractivity contribution in [1.29, 1.82) is 0 Å². The Hall–Kier alpha value is -2.09. The smallest absolute Gasteiger partial charge is 0.399 e. The van der Waals surface area contributed by atoms with Crippen LogP contribution in [0.3, 0.4) is 0 Å². The number of methoxy groups -OCH3 is 1. The Morgan fingerprint density at radius 1 is 1.14 bits per heavy atom. The maximum Gasteiger partial charge on any atom is 0.399 e. The van der Waals surface area contributed by atoms with Gasteiger partial charge in [-0.05, 0) is 26.0 Å². The highest BCUT2D eigenvalue weighted by atomic mass is 32.2. The van der Waals surface area contributed by atoms with Crippen LogP contribution >= 0.6 is 0 Å². The van der Waals surface area contributed by atoms with E-state index in [1.807, 2.05) is 0 Å². The molecule has 0 amide bonds. The number of rotatable bonds is 5. The van der Waals surface area contributed by atoms with Gasteiger partial charge in [0.05, 0.1) is 25.9 Å². The van der Waals surface area contributed by atoms with Crippen molar-refractivity contribution in [2.24, 2.45) is 4.40 Å². The Morgan fingerprint density at radius 2 is 1.71 bits per heavy atom. The first-order valence-corrected chi connectivity index (χ1v) is 7.68. The van der Waals surface area contributed by atoms with Crippen LogP contribution in [-0.2, 0) is 24.2 Å². The maximum atomic E-state index is 12.3. The van der Waals surface area contributed by atoms with Crippen molar-refractivity contribution >= 4 is 22.1 Å². The molecule has 0 spiro atoms. The molecule has 116 valence electrons. The number of benzene rings is 1. The molecule has 1 aromatic rings. The average Bonchev–Trinajstić information content (AvgIpc) is 2.46. The van der Waals surface area contributed by atoms with Gasteiger partial charge in [0.1, 0.15) is 4.90 Å². The molecule has 0 unspecified atom stereocenters. The summed E-state index contributed by atoms with van der Waals surface area (Å²) in [5.74, 6) is -0.765. The van der Waals surface area contributed by atoms with Gasteiger partial charge in [-0.1, -0.05) is 16.5 Å². The monoisotopic (exact) mass is 315 g/mol. The SMILES string of the molecule is CCOC(=NS(=O)(=O)c1ccccc1C(=O)OC)OCC. The molecule has 0 saturated heterocycles. The Bertz CT molecular complexity index is 615.